The van der Waals surface area contributed by atoms with E-state index in [0.717, 1.165) is 5.69 Å². The van der Waals surface area contributed by atoms with Crippen LogP contribution in [0, 0.1) is 0 Å². The molecule has 1 aromatic carbocycles. The summed E-state index contributed by atoms with van der Waals surface area (Å²) in [6, 6.07) is 12.6. The number of aliphatic hydroxyl groups excluding tert-OH is 1. The standard InChI is InChI=1S/C21H19ClN6O2/c1-28-20(9-17(27-28)16-4-2-3-7-24-16)30-19-8-14(22)5-6-15(19)21-25-11-13(12-26-21)18(29)10-23/h2-9,11-12,18,29H,10,23H2,1H3. The molecule has 1 atom stereocenters. The van der Waals surface area contributed by atoms with Crippen LogP contribution in [0.4, 0.5) is 0 Å². The molecule has 0 aliphatic rings. The number of aromatic nitrogens is 5. The molecular formula is C21H19ClN6O2. The second-order valence-electron chi connectivity index (χ2n) is 6.54. The van der Waals surface area contributed by atoms with E-state index in [4.69, 9.17) is 22.1 Å². The first-order valence-corrected chi connectivity index (χ1v) is 9.56. The van der Waals surface area contributed by atoms with Crippen LogP contribution in [0.3, 0.4) is 0 Å². The average molecular weight is 423 g/mol. The molecule has 0 saturated heterocycles. The average Bonchev–Trinajstić information content (AvgIpc) is 3.14. The highest BCUT2D eigenvalue weighted by molar-refractivity contribution is 6.30. The zero-order valence-corrected chi connectivity index (χ0v) is 16.9. The van der Waals surface area contributed by atoms with Crippen molar-refractivity contribution in [2.24, 2.45) is 12.8 Å². The van der Waals surface area contributed by atoms with Gasteiger partial charge in [0.25, 0.3) is 0 Å². The van der Waals surface area contributed by atoms with E-state index in [9.17, 15) is 5.11 Å². The van der Waals surface area contributed by atoms with Crippen LogP contribution in [0.15, 0.2) is 61.1 Å². The summed E-state index contributed by atoms with van der Waals surface area (Å²) in [5.41, 5.74) is 8.11. The van der Waals surface area contributed by atoms with Crippen LogP contribution in [0.2, 0.25) is 5.02 Å². The molecular weight excluding hydrogens is 404 g/mol. The van der Waals surface area contributed by atoms with E-state index >= 15 is 0 Å². The van der Waals surface area contributed by atoms with Gasteiger partial charge in [-0.15, -0.1) is 0 Å². The summed E-state index contributed by atoms with van der Waals surface area (Å²) in [7, 11) is 1.78. The zero-order valence-electron chi connectivity index (χ0n) is 16.1. The van der Waals surface area contributed by atoms with Crippen molar-refractivity contribution in [3.63, 3.8) is 0 Å². The predicted molar refractivity (Wildman–Crippen MR) is 113 cm³/mol. The largest absolute Gasteiger partial charge is 0.438 e. The van der Waals surface area contributed by atoms with Gasteiger partial charge in [-0.3, -0.25) is 4.98 Å². The van der Waals surface area contributed by atoms with E-state index in [0.29, 0.717) is 39.3 Å². The van der Waals surface area contributed by atoms with Crippen LogP contribution < -0.4 is 10.5 Å². The maximum Gasteiger partial charge on any atom is 0.218 e. The minimum Gasteiger partial charge on any atom is -0.438 e. The normalized spacial score (nSPS) is 12.0. The summed E-state index contributed by atoms with van der Waals surface area (Å²) in [5.74, 6) is 1.42. The molecule has 4 aromatic rings. The molecule has 0 fully saturated rings. The summed E-state index contributed by atoms with van der Waals surface area (Å²) in [4.78, 5) is 13.0. The molecule has 3 heterocycles. The van der Waals surface area contributed by atoms with Gasteiger partial charge in [0.2, 0.25) is 5.88 Å². The van der Waals surface area contributed by atoms with Crippen molar-refractivity contribution in [3.05, 3.63) is 71.6 Å². The summed E-state index contributed by atoms with van der Waals surface area (Å²) in [6.07, 6.45) is 3.99. The molecule has 0 spiro atoms. The topological polar surface area (TPSA) is 112 Å². The van der Waals surface area contributed by atoms with Gasteiger partial charge in [-0.05, 0) is 24.3 Å². The highest BCUT2D eigenvalue weighted by Crippen LogP contribution is 2.35. The second-order valence-corrected chi connectivity index (χ2v) is 6.98. The molecule has 8 nitrogen and oxygen atoms in total. The maximum atomic E-state index is 9.84. The Kier molecular flexibility index (Phi) is 5.71. The highest BCUT2D eigenvalue weighted by atomic mass is 35.5. The van der Waals surface area contributed by atoms with E-state index < -0.39 is 6.10 Å². The Morgan fingerprint density at radius 2 is 1.90 bits per heavy atom. The summed E-state index contributed by atoms with van der Waals surface area (Å²) in [6.45, 7) is 0.0944. The Morgan fingerprint density at radius 1 is 1.10 bits per heavy atom. The number of pyridine rings is 1. The maximum absolute atomic E-state index is 9.84. The van der Waals surface area contributed by atoms with Gasteiger partial charge in [-0.1, -0.05) is 17.7 Å². The molecule has 0 radical (unpaired) electrons. The molecule has 3 aromatic heterocycles. The number of rotatable bonds is 6. The Hall–Kier alpha value is -3.33. The third kappa shape index (κ3) is 4.16. The van der Waals surface area contributed by atoms with Gasteiger partial charge in [-0.25, -0.2) is 14.6 Å². The van der Waals surface area contributed by atoms with Gasteiger partial charge in [0, 0.05) is 54.9 Å². The SMILES string of the molecule is Cn1nc(-c2ccccn2)cc1Oc1cc(Cl)ccc1-c1ncc(C(O)CN)cn1. The minimum absolute atomic E-state index is 0.0944. The quantitative estimate of drug-likeness (QED) is 0.489. The molecule has 0 amide bonds. The molecule has 9 heteroatoms. The van der Waals surface area contributed by atoms with E-state index in [-0.39, 0.29) is 6.54 Å². The second kappa shape index (κ2) is 8.58. The van der Waals surface area contributed by atoms with Crippen molar-refractivity contribution in [1.82, 2.24) is 24.7 Å². The van der Waals surface area contributed by atoms with Gasteiger partial charge in [0.15, 0.2) is 5.82 Å². The number of aryl methyl sites for hydroxylation is 1. The first-order chi connectivity index (χ1) is 14.5. The summed E-state index contributed by atoms with van der Waals surface area (Å²) >= 11 is 6.20. The summed E-state index contributed by atoms with van der Waals surface area (Å²) < 4.78 is 7.74. The number of nitrogens with two attached hydrogens (primary N) is 1. The van der Waals surface area contributed by atoms with Crippen LogP contribution in [-0.4, -0.2) is 36.4 Å². The first-order valence-electron chi connectivity index (χ1n) is 9.18. The lowest BCUT2D eigenvalue weighted by atomic mass is 10.1. The lowest BCUT2D eigenvalue weighted by molar-refractivity contribution is 0.186. The molecule has 3 N–H and O–H groups in total. The Labute approximate surface area is 178 Å². The van der Waals surface area contributed by atoms with Crippen LogP contribution in [-0.2, 0) is 7.05 Å². The molecule has 0 aliphatic carbocycles. The van der Waals surface area contributed by atoms with E-state index in [1.165, 1.54) is 0 Å². The third-order valence-corrected chi connectivity index (χ3v) is 4.68. The first kappa shape index (κ1) is 20.0. The van der Waals surface area contributed by atoms with Crippen LogP contribution >= 0.6 is 11.6 Å². The fourth-order valence-corrected chi connectivity index (χ4v) is 3.01. The number of benzene rings is 1. The van der Waals surface area contributed by atoms with Crippen LogP contribution in [0.1, 0.15) is 11.7 Å². The number of nitrogens with zero attached hydrogens (tertiary/aromatic N) is 5. The minimum atomic E-state index is -0.806. The monoisotopic (exact) mass is 422 g/mol. The number of ether oxygens (including phenoxy) is 1. The highest BCUT2D eigenvalue weighted by Gasteiger charge is 2.16. The lowest BCUT2D eigenvalue weighted by Crippen LogP contribution is -2.12. The third-order valence-electron chi connectivity index (χ3n) is 4.44. The molecule has 0 saturated carbocycles. The van der Waals surface area contributed by atoms with Crippen LogP contribution in [0.5, 0.6) is 11.6 Å². The smallest absolute Gasteiger partial charge is 0.218 e. The van der Waals surface area contributed by atoms with Gasteiger partial charge in [0.05, 0.1) is 17.4 Å². The van der Waals surface area contributed by atoms with E-state index in [2.05, 4.69) is 20.1 Å². The van der Waals surface area contributed by atoms with Gasteiger partial charge in [-0.2, -0.15) is 5.10 Å². The molecule has 0 aliphatic heterocycles. The number of aliphatic hydroxyl groups is 1. The van der Waals surface area contributed by atoms with E-state index in [1.807, 2.05) is 18.2 Å². The Balaban J connectivity index is 1.67. The predicted octanol–water partition coefficient (Wildman–Crippen LogP) is 3.38. The van der Waals surface area contributed by atoms with Crippen molar-refractivity contribution in [3.8, 4) is 34.4 Å². The molecule has 1 unspecified atom stereocenters. The Bertz CT molecular complexity index is 1150. The number of hydrogen-bond donors (Lipinski definition) is 2. The van der Waals surface area contributed by atoms with Gasteiger partial charge in [0.1, 0.15) is 11.4 Å². The van der Waals surface area contributed by atoms with Crippen molar-refractivity contribution < 1.29 is 9.84 Å². The molecule has 30 heavy (non-hydrogen) atoms. The fraction of sp³-hybridized carbons (Fsp3) is 0.143. The Morgan fingerprint density at radius 3 is 2.60 bits per heavy atom. The zero-order chi connectivity index (χ0) is 21.1. The van der Waals surface area contributed by atoms with Crippen molar-refractivity contribution in [2.45, 2.75) is 6.10 Å². The molecule has 4 rings (SSSR count). The molecule has 0 bridgehead atoms. The number of halogens is 1. The molecule has 152 valence electrons. The summed E-state index contributed by atoms with van der Waals surface area (Å²) in [5, 5.41) is 14.8. The van der Waals surface area contributed by atoms with Gasteiger partial charge >= 0.3 is 0 Å². The number of hydrogen-bond acceptors (Lipinski definition) is 7. The van der Waals surface area contributed by atoms with Crippen molar-refractivity contribution in [1.29, 1.82) is 0 Å². The van der Waals surface area contributed by atoms with Gasteiger partial charge < -0.3 is 15.6 Å². The van der Waals surface area contributed by atoms with Crippen molar-refractivity contribution in [2.75, 3.05) is 6.54 Å². The lowest BCUT2D eigenvalue weighted by Gasteiger charge is -2.12. The van der Waals surface area contributed by atoms with E-state index in [1.54, 1.807) is 54.6 Å². The van der Waals surface area contributed by atoms with Crippen molar-refractivity contribution >= 4 is 11.6 Å². The van der Waals surface area contributed by atoms with Crippen LogP contribution in [0.25, 0.3) is 22.8 Å². The fourth-order valence-electron chi connectivity index (χ4n) is 2.85.